The van der Waals surface area contributed by atoms with Gasteiger partial charge >= 0.3 is 0 Å². The van der Waals surface area contributed by atoms with Gasteiger partial charge in [0, 0.05) is 6.20 Å². The van der Waals surface area contributed by atoms with Crippen LogP contribution < -0.4 is 16.8 Å². The maximum Gasteiger partial charge on any atom is 0.255 e. The van der Waals surface area contributed by atoms with Crippen molar-refractivity contribution < 1.29 is 14.0 Å². The van der Waals surface area contributed by atoms with E-state index >= 15 is 0 Å². The molecule has 2 amide bonds. The normalized spacial score (nSPS) is 12.2. The molecule has 1 rings (SSSR count). The van der Waals surface area contributed by atoms with Gasteiger partial charge in [-0.3, -0.25) is 9.59 Å². The number of aromatic nitrogens is 1. The zero-order valence-electron chi connectivity index (χ0n) is 10.1. The molecule has 1 aromatic rings. The molecule has 5 N–H and O–H groups in total. The van der Waals surface area contributed by atoms with Crippen LogP contribution in [0.1, 0.15) is 24.2 Å². The van der Waals surface area contributed by atoms with Crippen LogP contribution in [0.25, 0.3) is 0 Å². The maximum absolute atomic E-state index is 13.5. The molecule has 1 atom stereocenters. The molecule has 0 aliphatic carbocycles. The lowest BCUT2D eigenvalue weighted by Crippen LogP contribution is -2.47. The molecule has 0 spiro atoms. The first-order valence-corrected chi connectivity index (χ1v) is 5.34. The molecule has 98 valence electrons. The molecular formula is C11H15FN4O2. The fraction of sp³-hybridized carbons (Fsp3) is 0.364. The first-order chi connectivity index (χ1) is 8.34. The Kier molecular flexibility index (Phi) is 4.19. The number of nitrogen functional groups attached to an aromatic ring is 1. The van der Waals surface area contributed by atoms with Crippen molar-refractivity contribution in [3.63, 3.8) is 0 Å². The summed E-state index contributed by atoms with van der Waals surface area (Å²) in [5.41, 5.74) is 10.1. The highest BCUT2D eigenvalue weighted by molar-refractivity contribution is 5.98. The Bertz CT molecular complexity index is 476. The van der Waals surface area contributed by atoms with Gasteiger partial charge in [-0.05, 0) is 12.0 Å². The number of amides is 2. The summed E-state index contributed by atoms with van der Waals surface area (Å²) in [4.78, 5) is 26.4. The number of nitrogens with two attached hydrogens (primary N) is 2. The van der Waals surface area contributed by atoms with Crippen LogP contribution in [-0.4, -0.2) is 22.8 Å². The van der Waals surface area contributed by atoms with E-state index < -0.39 is 23.7 Å². The van der Waals surface area contributed by atoms with Crippen molar-refractivity contribution in [3.8, 4) is 0 Å². The standard InChI is InChI=1S/C11H15FN4O2/c1-5(2)8(10(14)17)16-11(18)6-3-4-15-9(13)7(6)12/h3-5,8H,1-2H3,(H2,13,15)(H2,14,17)(H,16,18). The fourth-order valence-corrected chi connectivity index (χ4v) is 1.42. The van der Waals surface area contributed by atoms with Crippen LogP contribution in [0.5, 0.6) is 0 Å². The minimum atomic E-state index is -0.915. The number of pyridine rings is 1. The minimum Gasteiger partial charge on any atom is -0.381 e. The molecule has 0 saturated carbocycles. The van der Waals surface area contributed by atoms with Gasteiger partial charge in [-0.2, -0.15) is 0 Å². The summed E-state index contributed by atoms with van der Waals surface area (Å²) in [7, 11) is 0. The molecule has 0 radical (unpaired) electrons. The van der Waals surface area contributed by atoms with Crippen molar-refractivity contribution in [3.05, 3.63) is 23.6 Å². The van der Waals surface area contributed by atoms with Crippen molar-refractivity contribution in [1.29, 1.82) is 0 Å². The Morgan fingerprint density at radius 1 is 1.44 bits per heavy atom. The number of halogens is 1. The molecule has 6 nitrogen and oxygen atoms in total. The van der Waals surface area contributed by atoms with Crippen LogP contribution in [0.2, 0.25) is 0 Å². The second-order valence-electron chi connectivity index (χ2n) is 4.16. The summed E-state index contributed by atoms with van der Waals surface area (Å²) >= 11 is 0. The number of carbonyl (C=O) groups excluding carboxylic acids is 2. The molecule has 0 aliphatic heterocycles. The van der Waals surface area contributed by atoms with Gasteiger partial charge < -0.3 is 16.8 Å². The number of nitrogens with zero attached hydrogens (tertiary/aromatic N) is 1. The lowest BCUT2D eigenvalue weighted by molar-refractivity contribution is -0.120. The van der Waals surface area contributed by atoms with E-state index in [2.05, 4.69) is 10.3 Å². The van der Waals surface area contributed by atoms with Gasteiger partial charge in [0.05, 0.1) is 5.56 Å². The van der Waals surface area contributed by atoms with E-state index in [-0.39, 0.29) is 17.3 Å². The molecule has 0 aromatic carbocycles. The summed E-state index contributed by atoms with van der Waals surface area (Å²) in [6.45, 7) is 3.43. The first-order valence-electron chi connectivity index (χ1n) is 5.34. The van der Waals surface area contributed by atoms with Gasteiger partial charge in [-0.15, -0.1) is 0 Å². The predicted molar refractivity (Wildman–Crippen MR) is 63.9 cm³/mol. The third kappa shape index (κ3) is 2.93. The quantitative estimate of drug-likeness (QED) is 0.704. The summed E-state index contributed by atoms with van der Waals surface area (Å²) in [6.07, 6.45) is 1.21. The number of primary amides is 1. The number of carbonyl (C=O) groups is 2. The van der Waals surface area contributed by atoms with Gasteiger partial charge in [0.25, 0.3) is 5.91 Å². The molecule has 0 fully saturated rings. The number of rotatable bonds is 4. The first kappa shape index (κ1) is 13.9. The van der Waals surface area contributed by atoms with E-state index in [1.54, 1.807) is 13.8 Å². The molecule has 7 heteroatoms. The largest absolute Gasteiger partial charge is 0.381 e. The zero-order chi connectivity index (χ0) is 13.9. The monoisotopic (exact) mass is 254 g/mol. The summed E-state index contributed by atoms with van der Waals surface area (Å²) in [5, 5.41) is 2.36. The van der Waals surface area contributed by atoms with Gasteiger partial charge in [-0.25, -0.2) is 9.37 Å². The Hall–Kier alpha value is -2.18. The average Bonchev–Trinajstić information content (AvgIpc) is 2.28. The topological polar surface area (TPSA) is 111 Å². The van der Waals surface area contributed by atoms with Crippen molar-refractivity contribution in [1.82, 2.24) is 10.3 Å². The summed E-state index contributed by atoms with van der Waals surface area (Å²) in [6, 6.07) is 0.311. The highest BCUT2D eigenvalue weighted by atomic mass is 19.1. The predicted octanol–water partition coefficient (Wildman–Crippen LogP) is 0.0426. The highest BCUT2D eigenvalue weighted by Crippen LogP contribution is 2.12. The zero-order valence-corrected chi connectivity index (χ0v) is 10.1. The van der Waals surface area contributed by atoms with E-state index in [1.807, 2.05) is 0 Å². The van der Waals surface area contributed by atoms with Crippen molar-refractivity contribution in [2.24, 2.45) is 11.7 Å². The molecular weight excluding hydrogens is 239 g/mol. The van der Waals surface area contributed by atoms with E-state index in [0.29, 0.717) is 0 Å². The third-order valence-electron chi connectivity index (χ3n) is 2.42. The Morgan fingerprint density at radius 3 is 2.56 bits per heavy atom. The second kappa shape index (κ2) is 5.44. The van der Waals surface area contributed by atoms with Crippen molar-refractivity contribution in [2.75, 3.05) is 5.73 Å². The van der Waals surface area contributed by atoms with E-state index in [0.717, 1.165) is 0 Å². The van der Waals surface area contributed by atoms with Crippen LogP contribution >= 0.6 is 0 Å². The minimum absolute atomic E-state index is 0.200. The number of hydrogen-bond donors (Lipinski definition) is 3. The Morgan fingerprint density at radius 2 is 2.06 bits per heavy atom. The molecule has 1 unspecified atom stereocenters. The van der Waals surface area contributed by atoms with Crippen molar-refractivity contribution in [2.45, 2.75) is 19.9 Å². The summed E-state index contributed by atoms with van der Waals surface area (Å²) in [5.74, 6) is -2.92. The smallest absolute Gasteiger partial charge is 0.255 e. The Labute approximate surface area is 104 Å². The lowest BCUT2D eigenvalue weighted by atomic mass is 10.0. The highest BCUT2D eigenvalue weighted by Gasteiger charge is 2.24. The van der Waals surface area contributed by atoms with E-state index in [9.17, 15) is 14.0 Å². The van der Waals surface area contributed by atoms with Gasteiger partial charge in [0.1, 0.15) is 6.04 Å². The van der Waals surface area contributed by atoms with Crippen LogP contribution in [0.15, 0.2) is 12.3 Å². The fourth-order valence-electron chi connectivity index (χ4n) is 1.42. The molecule has 18 heavy (non-hydrogen) atoms. The van der Waals surface area contributed by atoms with Gasteiger partial charge in [0.2, 0.25) is 5.91 Å². The lowest BCUT2D eigenvalue weighted by Gasteiger charge is -2.19. The van der Waals surface area contributed by atoms with Crippen molar-refractivity contribution >= 4 is 17.6 Å². The SMILES string of the molecule is CC(C)C(NC(=O)c1ccnc(N)c1F)C(N)=O. The van der Waals surface area contributed by atoms with Crippen LogP contribution in [-0.2, 0) is 4.79 Å². The molecule has 0 saturated heterocycles. The Balaban J connectivity index is 2.94. The molecule has 0 bridgehead atoms. The van der Waals surface area contributed by atoms with E-state index in [4.69, 9.17) is 11.5 Å². The van der Waals surface area contributed by atoms with E-state index in [1.165, 1.54) is 12.3 Å². The molecule has 1 aromatic heterocycles. The maximum atomic E-state index is 13.5. The number of nitrogens with one attached hydrogen (secondary N) is 1. The molecule has 1 heterocycles. The van der Waals surface area contributed by atoms with Gasteiger partial charge in [0.15, 0.2) is 11.6 Å². The van der Waals surface area contributed by atoms with Crippen LogP contribution in [0, 0.1) is 11.7 Å². The van der Waals surface area contributed by atoms with Crippen LogP contribution in [0.3, 0.4) is 0 Å². The molecule has 0 aliphatic rings. The number of hydrogen-bond acceptors (Lipinski definition) is 4. The van der Waals surface area contributed by atoms with Crippen LogP contribution in [0.4, 0.5) is 10.2 Å². The summed E-state index contributed by atoms with van der Waals surface area (Å²) < 4.78 is 13.5. The average molecular weight is 254 g/mol. The second-order valence-corrected chi connectivity index (χ2v) is 4.16. The van der Waals surface area contributed by atoms with Gasteiger partial charge in [-0.1, -0.05) is 13.8 Å². The number of anilines is 1. The third-order valence-corrected chi connectivity index (χ3v) is 2.42.